The van der Waals surface area contributed by atoms with Gasteiger partial charge in [0.15, 0.2) is 0 Å². The molecule has 2 aromatic rings. The Balaban J connectivity index is 1.53. The smallest absolute Gasteiger partial charge is 0.413 e. The Morgan fingerprint density at radius 2 is 1.87 bits per heavy atom. The Labute approximate surface area is 267 Å². The van der Waals surface area contributed by atoms with Gasteiger partial charge in [-0.3, -0.25) is 25.1 Å². The van der Waals surface area contributed by atoms with Crippen LogP contribution in [0.4, 0.5) is 9.18 Å². The van der Waals surface area contributed by atoms with Crippen LogP contribution in [0.2, 0.25) is 0 Å². The SMILES string of the molecule is CN(C)C[C@@]1(F)C[C@@H](C(=O)NCc2cc(C(=N)NC(=O)OC(C)(C)C)cs2)N(C(=O)CNC(=O)CCCOc2ccccc2)C1. The van der Waals surface area contributed by atoms with Crippen molar-refractivity contribution in [3.8, 4) is 5.75 Å². The lowest BCUT2D eigenvalue weighted by molar-refractivity contribution is -0.138. The molecule has 1 aromatic carbocycles. The number of hydrogen-bond acceptors (Lipinski definition) is 9. The van der Waals surface area contributed by atoms with Crippen molar-refractivity contribution < 1.29 is 33.0 Å². The molecule has 246 valence electrons. The second kappa shape index (κ2) is 15.8. The minimum atomic E-state index is -1.81. The lowest BCUT2D eigenvalue weighted by Crippen LogP contribution is -2.49. The van der Waals surface area contributed by atoms with E-state index in [0.717, 1.165) is 0 Å². The summed E-state index contributed by atoms with van der Waals surface area (Å²) in [6.45, 7) is 4.95. The van der Waals surface area contributed by atoms with Crippen LogP contribution in [-0.2, 0) is 25.7 Å². The first kappa shape index (κ1) is 35.4. The van der Waals surface area contributed by atoms with E-state index in [2.05, 4.69) is 16.0 Å². The Morgan fingerprint density at radius 1 is 1.16 bits per heavy atom. The predicted molar refractivity (Wildman–Crippen MR) is 169 cm³/mol. The largest absolute Gasteiger partial charge is 0.494 e. The van der Waals surface area contributed by atoms with E-state index >= 15 is 4.39 Å². The number of carbonyl (C=O) groups is 4. The zero-order chi connectivity index (χ0) is 33.2. The maximum Gasteiger partial charge on any atom is 0.413 e. The molecule has 4 amide bonds. The normalized spacial score (nSPS) is 17.9. The highest BCUT2D eigenvalue weighted by molar-refractivity contribution is 7.10. The van der Waals surface area contributed by atoms with Crippen LogP contribution in [-0.4, -0.2) is 97.1 Å². The molecule has 45 heavy (non-hydrogen) atoms. The van der Waals surface area contributed by atoms with Crippen LogP contribution < -0.4 is 20.7 Å². The summed E-state index contributed by atoms with van der Waals surface area (Å²) >= 11 is 1.27. The first-order valence-electron chi connectivity index (χ1n) is 14.7. The maximum atomic E-state index is 15.8. The number of halogens is 1. The van der Waals surface area contributed by atoms with E-state index in [9.17, 15) is 19.2 Å². The molecule has 0 saturated carbocycles. The van der Waals surface area contributed by atoms with E-state index in [1.165, 1.54) is 16.2 Å². The second-order valence-corrected chi connectivity index (χ2v) is 13.2. The Bertz CT molecular complexity index is 1350. The van der Waals surface area contributed by atoms with Crippen LogP contribution in [0.15, 0.2) is 41.8 Å². The lowest BCUT2D eigenvalue weighted by Gasteiger charge is -2.25. The molecule has 4 N–H and O–H groups in total. The third-order valence-electron chi connectivity index (χ3n) is 6.61. The third kappa shape index (κ3) is 11.8. The third-order valence-corrected chi connectivity index (χ3v) is 7.55. The van der Waals surface area contributed by atoms with E-state index in [0.29, 0.717) is 29.2 Å². The first-order chi connectivity index (χ1) is 21.1. The van der Waals surface area contributed by atoms with Gasteiger partial charge in [0, 0.05) is 35.2 Å². The highest BCUT2D eigenvalue weighted by atomic mass is 32.1. The number of ether oxygens (including phenoxy) is 2. The summed E-state index contributed by atoms with van der Waals surface area (Å²) < 4.78 is 26.6. The van der Waals surface area contributed by atoms with Crippen molar-refractivity contribution in [1.82, 2.24) is 25.8 Å². The summed E-state index contributed by atoms with van der Waals surface area (Å²) in [6.07, 6.45) is -0.347. The molecule has 1 aliphatic rings. The summed E-state index contributed by atoms with van der Waals surface area (Å²) in [5.74, 6) is -0.874. The van der Waals surface area contributed by atoms with E-state index in [1.54, 1.807) is 51.2 Å². The molecule has 0 unspecified atom stereocenters. The maximum absolute atomic E-state index is 15.8. The number of nitrogens with one attached hydrogen (secondary N) is 4. The number of thiophene rings is 1. The van der Waals surface area contributed by atoms with Gasteiger partial charge in [-0.05, 0) is 59.5 Å². The standard InChI is InChI=1S/C31H43FN6O6S/c1-30(2,3)44-29(42)36-27(33)21-14-23(45-18-21)16-35-28(41)24-15-31(32,19-37(4)5)20-38(24)26(40)17-34-25(39)12-9-13-43-22-10-7-6-8-11-22/h6-8,10-11,14,18,24H,9,12-13,15-17,19-20H2,1-5H3,(H,34,39)(H,35,41)(H2,33,36,42)/t24-,31-/m0/s1. The molecule has 0 spiro atoms. The van der Waals surface area contributed by atoms with E-state index in [4.69, 9.17) is 14.9 Å². The molecule has 1 aliphatic heterocycles. The van der Waals surface area contributed by atoms with Crippen LogP contribution in [0.3, 0.4) is 0 Å². The summed E-state index contributed by atoms with van der Waals surface area (Å²) in [5, 5.41) is 17.5. The minimum Gasteiger partial charge on any atom is -0.494 e. The number of amides is 4. The van der Waals surface area contributed by atoms with Crippen LogP contribution in [0.25, 0.3) is 0 Å². The van der Waals surface area contributed by atoms with Crippen molar-refractivity contribution >= 4 is 41.0 Å². The molecule has 14 heteroatoms. The lowest BCUT2D eigenvalue weighted by atomic mass is 10.0. The quantitative estimate of drug-likeness (QED) is 0.148. The van der Waals surface area contributed by atoms with Crippen molar-refractivity contribution in [3.63, 3.8) is 0 Å². The highest BCUT2D eigenvalue weighted by Crippen LogP contribution is 2.32. The number of likely N-dealkylation sites (tertiary alicyclic amines) is 1. The van der Waals surface area contributed by atoms with Crippen LogP contribution in [0.1, 0.15) is 50.5 Å². The van der Waals surface area contributed by atoms with Crippen molar-refractivity contribution in [3.05, 3.63) is 52.2 Å². The van der Waals surface area contributed by atoms with Gasteiger partial charge in [-0.1, -0.05) is 18.2 Å². The molecule has 3 rings (SSSR count). The van der Waals surface area contributed by atoms with Gasteiger partial charge in [-0.2, -0.15) is 0 Å². The Hall–Kier alpha value is -4.04. The second-order valence-electron chi connectivity index (χ2n) is 12.2. The molecule has 1 aromatic heterocycles. The fourth-order valence-electron chi connectivity index (χ4n) is 4.79. The molecule has 0 radical (unpaired) electrons. The van der Waals surface area contributed by atoms with Gasteiger partial charge >= 0.3 is 6.09 Å². The number of carbonyl (C=O) groups excluding carboxylic acids is 4. The fraction of sp³-hybridized carbons (Fsp3) is 0.516. The molecule has 12 nitrogen and oxygen atoms in total. The topological polar surface area (TPSA) is 153 Å². The summed E-state index contributed by atoms with van der Waals surface area (Å²) in [5.41, 5.74) is -2.08. The van der Waals surface area contributed by atoms with Crippen molar-refractivity contribution in [2.75, 3.05) is 40.3 Å². The van der Waals surface area contributed by atoms with E-state index < -0.39 is 35.2 Å². The molecule has 2 heterocycles. The predicted octanol–water partition coefficient (Wildman–Crippen LogP) is 3.06. The van der Waals surface area contributed by atoms with Gasteiger partial charge in [-0.25, -0.2) is 9.18 Å². The van der Waals surface area contributed by atoms with Crippen molar-refractivity contribution in [2.24, 2.45) is 0 Å². The number of benzene rings is 1. The molecular weight excluding hydrogens is 603 g/mol. The average molecular weight is 647 g/mol. The van der Waals surface area contributed by atoms with Gasteiger partial charge in [0.05, 0.1) is 26.2 Å². The summed E-state index contributed by atoms with van der Waals surface area (Å²) in [4.78, 5) is 54.3. The van der Waals surface area contributed by atoms with E-state index in [-0.39, 0.29) is 50.8 Å². The zero-order valence-electron chi connectivity index (χ0n) is 26.4. The van der Waals surface area contributed by atoms with Crippen LogP contribution in [0.5, 0.6) is 5.75 Å². The Morgan fingerprint density at radius 3 is 2.53 bits per heavy atom. The molecule has 2 atom stereocenters. The number of rotatable bonds is 13. The van der Waals surface area contributed by atoms with Gasteiger partial charge in [-0.15, -0.1) is 11.3 Å². The van der Waals surface area contributed by atoms with E-state index in [1.807, 2.05) is 30.3 Å². The van der Waals surface area contributed by atoms with Gasteiger partial charge < -0.3 is 29.9 Å². The minimum absolute atomic E-state index is 0.0232. The van der Waals surface area contributed by atoms with Gasteiger partial charge in [0.25, 0.3) is 0 Å². The Kier molecular flexibility index (Phi) is 12.4. The molecule has 0 bridgehead atoms. The number of alkyl carbamates (subject to hydrolysis) is 1. The van der Waals surface area contributed by atoms with Crippen molar-refractivity contribution in [1.29, 1.82) is 5.41 Å². The fourth-order valence-corrected chi connectivity index (χ4v) is 5.61. The molecular formula is C31H43FN6O6S. The average Bonchev–Trinajstić information content (AvgIpc) is 3.56. The molecule has 1 saturated heterocycles. The van der Waals surface area contributed by atoms with Crippen LogP contribution in [0, 0.1) is 5.41 Å². The number of amidine groups is 1. The number of nitrogens with zero attached hydrogens (tertiary/aromatic N) is 2. The van der Waals surface area contributed by atoms with Gasteiger partial charge in [0.2, 0.25) is 17.7 Å². The molecule has 1 fully saturated rings. The van der Waals surface area contributed by atoms with Crippen molar-refractivity contribution in [2.45, 2.75) is 63.9 Å². The number of para-hydroxylation sites is 1. The van der Waals surface area contributed by atoms with Gasteiger partial charge in [0.1, 0.15) is 28.9 Å². The number of hydrogen-bond donors (Lipinski definition) is 4. The molecule has 0 aliphatic carbocycles. The highest BCUT2D eigenvalue weighted by Gasteiger charge is 2.49. The summed E-state index contributed by atoms with van der Waals surface area (Å²) in [6, 6.07) is 9.80. The van der Waals surface area contributed by atoms with Crippen LogP contribution >= 0.6 is 11.3 Å². The summed E-state index contributed by atoms with van der Waals surface area (Å²) in [7, 11) is 3.43. The first-order valence-corrected chi connectivity index (χ1v) is 15.5. The zero-order valence-corrected chi connectivity index (χ0v) is 27.2. The monoisotopic (exact) mass is 646 g/mol. The number of alkyl halides is 1.